The first-order chi connectivity index (χ1) is 9.95. The predicted octanol–water partition coefficient (Wildman–Crippen LogP) is 4.64. The molecule has 21 heavy (non-hydrogen) atoms. The highest BCUT2D eigenvalue weighted by Gasteiger charge is 2.30. The first-order valence-electron chi connectivity index (χ1n) is 6.01. The Labute approximate surface area is 122 Å². The highest BCUT2D eigenvalue weighted by atomic mass is 32.1. The highest BCUT2D eigenvalue weighted by Crippen LogP contribution is 2.34. The van der Waals surface area contributed by atoms with Gasteiger partial charge in [0.05, 0.1) is 27.1 Å². The third-order valence-electron chi connectivity index (χ3n) is 3.01. The fourth-order valence-electron chi connectivity index (χ4n) is 1.99. The fourth-order valence-corrected chi connectivity index (χ4v) is 2.68. The topological polar surface area (TPSA) is 50.9 Å². The molecule has 1 heterocycles. The van der Waals surface area contributed by atoms with Crippen molar-refractivity contribution >= 4 is 38.6 Å². The van der Waals surface area contributed by atoms with Crippen LogP contribution >= 0.6 is 11.3 Å². The quantitative estimate of drug-likeness (QED) is 0.678. The number of rotatable bonds is 2. The maximum atomic E-state index is 12.7. The van der Waals surface area contributed by atoms with Crippen LogP contribution in [-0.4, -0.2) is 4.98 Å². The number of nitrogens with one attached hydrogen (secondary N) is 1. The Kier molecular flexibility index (Phi) is 3.21. The van der Waals surface area contributed by atoms with Gasteiger partial charge in [0.15, 0.2) is 0 Å². The van der Waals surface area contributed by atoms with Gasteiger partial charge in [0.25, 0.3) is 0 Å². The Morgan fingerprint density at radius 3 is 2.71 bits per heavy atom. The Balaban J connectivity index is 1.97. The number of thiazole rings is 1. The third-order valence-corrected chi connectivity index (χ3v) is 3.80. The number of nitrogens with two attached hydrogens (primary N) is 1. The van der Waals surface area contributed by atoms with Crippen molar-refractivity contribution in [3.8, 4) is 0 Å². The molecule has 0 aliphatic rings. The maximum absolute atomic E-state index is 12.7. The van der Waals surface area contributed by atoms with Crippen LogP contribution in [0.3, 0.4) is 0 Å². The number of alkyl halides is 3. The van der Waals surface area contributed by atoms with E-state index in [2.05, 4.69) is 10.3 Å². The SMILES string of the molecule is Nc1c(Nc2cccc(C(F)(F)F)c2)ccc2scnc12. The van der Waals surface area contributed by atoms with Gasteiger partial charge in [0.1, 0.15) is 5.52 Å². The van der Waals surface area contributed by atoms with Crippen LogP contribution in [0.5, 0.6) is 0 Å². The van der Waals surface area contributed by atoms with Gasteiger partial charge in [-0.05, 0) is 30.3 Å². The summed E-state index contributed by atoms with van der Waals surface area (Å²) in [6.07, 6.45) is -4.37. The first-order valence-corrected chi connectivity index (χ1v) is 6.89. The van der Waals surface area contributed by atoms with Crippen LogP contribution in [0, 0.1) is 0 Å². The van der Waals surface area contributed by atoms with Crippen molar-refractivity contribution in [2.75, 3.05) is 11.1 Å². The summed E-state index contributed by atoms with van der Waals surface area (Å²) >= 11 is 1.45. The Bertz CT molecular complexity index is 796. The molecule has 3 nitrogen and oxygen atoms in total. The minimum atomic E-state index is -4.37. The van der Waals surface area contributed by atoms with Gasteiger partial charge in [0.2, 0.25) is 0 Å². The molecule has 3 rings (SSSR count). The van der Waals surface area contributed by atoms with Gasteiger partial charge in [0, 0.05) is 5.69 Å². The number of aromatic nitrogens is 1. The molecule has 0 aliphatic carbocycles. The van der Waals surface area contributed by atoms with E-state index in [1.54, 1.807) is 17.6 Å². The van der Waals surface area contributed by atoms with Crippen LogP contribution in [0.25, 0.3) is 10.2 Å². The first kappa shape index (κ1) is 13.7. The van der Waals surface area contributed by atoms with Crippen LogP contribution in [0.2, 0.25) is 0 Å². The predicted molar refractivity (Wildman–Crippen MR) is 78.8 cm³/mol. The van der Waals surface area contributed by atoms with Gasteiger partial charge < -0.3 is 11.1 Å². The van der Waals surface area contributed by atoms with Crippen LogP contribution in [-0.2, 0) is 6.18 Å². The molecule has 0 radical (unpaired) electrons. The number of nitrogens with zero attached hydrogens (tertiary/aromatic N) is 1. The minimum Gasteiger partial charge on any atom is -0.395 e. The van der Waals surface area contributed by atoms with Crippen molar-refractivity contribution in [1.82, 2.24) is 4.98 Å². The second kappa shape index (κ2) is 4.92. The zero-order valence-corrected chi connectivity index (χ0v) is 11.4. The Hall–Kier alpha value is -2.28. The molecule has 1 aromatic heterocycles. The molecule has 0 saturated carbocycles. The molecule has 7 heteroatoms. The van der Waals surface area contributed by atoms with E-state index in [1.165, 1.54) is 17.4 Å². The Morgan fingerprint density at radius 2 is 1.95 bits per heavy atom. The maximum Gasteiger partial charge on any atom is 0.416 e. The van der Waals surface area contributed by atoms with Crippen molar-refractivity contribution in [2.45, 2.75) is 6.18 Å². The molecule has 0 saturated heterocycles. The lowest BCUT2D eigenvalue weighted by molar-refractivity contribution is -0.137. The zero-order chi connectivity index (χ0) is 15.0. The molecule has 0 amide bonds. The summed E-state index contributed by atoms with van der Waals surface area (Å²) in [7, 11) is 0. The summed E-state index contributed by atoms with van der Waals surface area (Å²) in [5.41, 5.74) is 8.90. The summed E-state index contributed by atoms with van der Waals surface area (Å²) in [6, 6.07) is 8.54. The van der Waals surface area contributed by atoms with Crippen LogP contribution < -0.4 is 11.1 Å². The second-order valence-electron chi connectivity index (χ2n) is 4.43. The highest BCUT2D eigenvalue weighted by molar-refractivity contribution is 7.16. The molecular formula is C14H10F3N3S. The van der Waals surface area contributed by atoms with E-state index >= 15 is 0 Å². The summed E-state index contributed by atoms with van der Waals surface area (Å²) in [4.78, 5) is 4.15. The second-order valence-corrected chi connectivity index (χ2v) is 5.32. The molecular weight excluding hydrogens is 299 g/mol. The molecule has 0 bridgehead atoms. The lowest BCUT2D eigenvalue weighted by Crippen LogP contribution is -2.05. The molecule has 3 N–H and O–H groups in total. The number of benzene rings is 2. The van der Waals surface area contributed by atoms with Crippen molar-refractivity contribution in [3.05, 3.63) is 47.5 Å². The minimum absolute atomic E-state index is 0.325. The van der Waals surface area contributed by atoms with E-state index < -0.39 is 11.7 Å². The van der Waals surface area contributed by atoms with Gasteiger partial charge in [-0.25, -0.2) is 4.98 Å². The van der Waals surface area contributed by atoms with Crippen molar-refractivity contribution in [3.63, 3.8) is 0 Å². The monoisotopic (exact) mass is 309 g/mol. The normalized spacial score (nSPS) is 11.8. The zero-order valence-electron chi connectivity index (χ0n) is 10.6. The lowest BCUT2D eigenvalue weighted by Gasteiger charge is -2.12. The number of anilines is 3. The van der Waals surface area contributed by atoms with E-state index in [4.69, 9.17) is 5.73 Å². The molecule has 2 aromatic carbocycles. The third kappa shape index (κ3) is 2.64. The Morgan fingerprint density at radius 1 is 1.14 bits per heavy atom. The molecule has 0 aliphatic heterocycles. The van der Waals surface area contributed by atoms with Crippen molar-refractivity contribution < 1.29 is 13.2 Å². The number of fused-ring (bicyclic) bond motifs is 1. The van der Waals surface area contributed by atoms with Gasteiger partial charge in [-0.1, -0.05) is 6.07 Å². The number of hydrogen-bond donors (Lipinski definition) is 2. The summed E-state index contributed by atoms with van der Waals surface area (Å²) in [5.74, 6) is 0. The average Bonchev–Trinajstić information content (AvgIpc) is 2.91. The summed E-state index contributed by atoms with van der Waals surface area (Å²) in [6.45, 7) is 0. The number of halogens is 3. The smallest absolute Gasteiger partial charge is 0.395 e. The van der Waals surface area contributed by atoms with Gasteiger partial charge in [-0.3, -0.25) is 0 Å². The lowest BCUT2D eigenvalue weighted by atomic mass is 10.2. The van der Waals surface area contributed by atoms with Gasteiger partial charge in [-0.2, -0.15) is 13.2 Å². The molecule has 0 spiro atoms. The van der Waals surface area contributed by atoms with Gasteiger partial charge in [-0.15, -0.1) is 11.3 Å². The van der Waals surface area contributed by atoms with Crippen LogP contribution in [0.4, 0.5) is 30.2 Å². The van der Waals surface area contributed by atoms with Crippen LogP contribution in [0.15, 0.2) is 41.9 Å². The molecule has 0 unspecified atom stereocenters. The largest absolute Gasteiger partial charge is 0.416 e. The molecule has 0 atom stereocenters. The van der Waals surface area contributed by atoms with E-state index in [1.807, 2.05) is 6.07 Å². The molecule has 3 aromatic rings. The summed E-state index contributed by atoms with van der Waals surface area (Å²) in [5, 5.41) is 2.91. The standard InChI is InChI=1S/C14H10F3N3S/c15-14(16,17)8-2-1-3-9(6-8)20-10-4-5-11-13(12(10)18)19-7-21-11/h1-7,20H,18H2. The van der Waals surface area contributed by atoms with E-state index in [-0.39, 0.29) is 0 Å². The van der Waals surface area contributed by atoms with Gasteiger partial charge >= 0.3 is 6.18 Å². The van der Waals surface area contributed by atoms with E-state index in [9.17, 15) is 13.2 Å². The number of nitrogen functional groups attached to an aromatic ring is 1. The van der Waals surface area contributed by atoms with Crippen molar-refractivity contribution in [2.24, 2.45) is 0 Å². The van der Waals surface area contributed by atoms with E-state index in [0.717, 1.165) is 16.8 Å². The molecule has 108 valence electrons. The summed E-state index contributed by atoms with van der Waals surface area (Å²) < 4.78 is 39.0. The number of hydrogen-bond acceptors (Lipinski definition) is 4. The average molecular weight is 309 g/mol. The van der Waals surface area contributed by atoms with Crippen molar-refractivity contribution in [1.29, 1.82) is 0 Å². The van der Waals surface area contributed by atoms with E-state index in [0.29, 0.717) is 22.6 Å². The fraction of sp³-hybridized carbons (Fsp3) is 0.0714. The molecule has 0 fully saturated rings. The van der Waals surface area contributed by atoms with Crippen LogP contribution in [0.1, 0.15) is 5.56 Å².